The van der Waals surface area contributed by atoms with Gasteiger partial charge in [-0.15, -0.1) is 0 Å². The minimum atomic E-state index is -0.908. The number of para-hydroxylation sites is 1. The van der Waals surface area contributed by atoms with Gasteiger partial charge in [-0.25, -0.2) is 4.79 Å². The number of ether oxygens (including phenoxy) is 2. The van der Waals surface area contributed by atoms with Crippen LogP contribution in [0.3, 0.4) is 0 Å². The molecule has 0 saturated carbocycles. The molecule has 0 unspecified atom stereocenters. The molecular formula is C12H13N2O4+. The zero-order valence-electron chi connectivity index (χ0n) is 9.88. The van der Waals surface area contributed by atoms with E-state index in [2.05, 4.69) is 9.53 Å². The molecule has 0 radical (unpaired) electrons. The predicted molar refractivity (Wildman–Crippen MR) is 61.6 cm³/mol. The van der Waals surface area contributed by atoms with Crippen LogP contribution in [0.5, 0.6) is 5.75 Å². The number of ketones is 1. The lowest BCUT2D eigenvalue weighted by Crippen LogP contribution is -2.31. The van der Waals surface area contributed by atoms with Crippen LogP contribution in [-0.2, 0) is 14.3 Å². The Kier molecular flexibility index (Phi) is 5.28. The number of carbonyl (C=O) groups excluding carboxylic acids is 2. The monoisotopic (exact) mass is 249 g/mol. The van der Waals surface area contributed by atoms with E-state index in [0.717, 1.165) is 0 Å². The van der Waals surface area contributed by atoms with Crippen molar-refractivity contribution in [3.05, 3.63) is 30.3 Å². The van der Waals surface area contributed by atoms with Crippen molar-refractivity contribution in [3.8, 4) is 5.75 Å². The summed E-state index contributed by atoms with van der Waals surface area (Å²) in [6, 6.07) is 8.67. The highest BCUT2D eigenvalue weighted by atomic mass is 16.5. The van der Waals surface area contributed by atoms with Gasteiger partial charge in [-0.05, 0) is 19.1 Å². The molecule has 6 heteroatoms. The first kappa shape index (κ1) is 13.6. The second kappa shape index (κ2) is 6.98. The van der Waals surface area contributed by atoms with Gasteiger partial charge in [-0.2, -0.15) is 0 Å². The molecule has 0 heterocycles. The summed E-state index contributed by atoms with van der Waals surface area (Å²) in [4.78, 5) is 25.7. The Morgan fingerprint density at radius 2 is 1.94 bits per heavy atom. The summed E-state index contributed by atoms with van der Waals surface area (Å²) in [6.45, 7) is 1.36. The fourth-order valence-corrected chi connectivity index (χ4v) is 1.16. The van der Waals surface area contributed by atoms with Gasteiger partial charge in [0.1, 0.15) is 5.75 Å². The number of rotatable bonds is 6. The molecular weight excluding hydrogens is 236 g/mol. The maximum absolute atomic E-state index is 11.6. The topological polar surface area (TPSA) is 90.5 Å². The molecule has 0 saturated heterocycles. The first-order chi connectivity index (χ1) is 8.69. The molecule has 1 rings (SSSR count). The summed E-state index contributed by atoms with van der Waals surface area (Å²) in [5, 5.41) is 0. The average molecular weight is 249 g/mol. The van der Waals surface area contributed by atoms with Crippen molar-refractivity contribution in [2.45, 2.75) is 6.92 Å². The molecule has 0 fully saturated rings. The third kappa shape index (κ3) is 3.84. The Bertz CT molecular complexity index is 478. The van der Waals surface area contributed by atoms with Crippen molar-refractivity contribution < 1.29 is 23.9 Å². The first-order valence-electron chi connectivity index (χ1n) is 5.31. The summed E-state index contributed by atoms with van der Waals surface area (Å²) in [6.07, 6.45) is 0. The van der Waals surface area contributed by atoms with Crippen molar-refractivity contribution in [2.75, 3.05) is 13.2 Å². The SMILES string of the molecule is CCOC(=O)C(=[N+]=N)C(=O)COc1ccccc1. The van der Waals surface area contributed by atoms with E-state index in [4.69, 9.17) is 10.3 Å². The van der Waals surface area contributed by atoms with Gasteiger partial charge in [-0.3, -0.25) is 4.79 Å². The largest absolute Gasteiger partial charge is 0.494 e. The lowest BCUT2D eigenvalue weighted by atomic mass is 10.2. The first-order valence-corrected chi connectivity index (χ1v) is 5.31. The molecule has 6 nitrogen and oxygen atoms in total. The minimum Gasteiger partial charge on any atom is -0.485 e. The van der Waals surface area contributed by atoms with E-state index in [1.807, 2.05) is 6.07 Å². The number of nitrogens with one attached hydrogen (secondary N) is 1. The summed E-state index contributed by atoms with van der Waals surface area (Å²) in [5.74, 6) is -1.10. The van der Waals surface area contributed by atoms with E-state index in [-0.39, 0.29) is 13.2 Å². The van der Waals surface area contributed by atoms with Crippen LogP contribution in [0.15, 0.2) is 30.3 Å². The van der Waals surface area contributed by atoms with Gasteiger partial charge in [-0.1, -0.05) is 18.2 Å². The van der Waals surface area contributed by atoms with Gasteiger partial charge in [0.2, 0.25) is 0 Å². The van der Waals surface area contributed by atoms with E-state index in [0.29, 0.717) is 5.75 Å². The Morgan fingerprint density at radius 1 is 1.28 bits per heavy atom. The van der Waals surface area contributed by atoms with Gasteiger partial charge in [0.05, 0.1) is 16.9 Å². The number of benzene rings is 1. The lowest BCUT2D eigenvalue weighted by Gasteiger charge is -2.02. The van der Waals surface area contributed by atoms with Crippen LogP contribution in [0.25, 0.3) is 0 Å². The van der Waals surface area contributed by atoms with Crippen LogP contribution in [0.2, 0.25) is 0 Å². The Labute approximate surface area is 104 Å². The van der Waals surface area contributed by atoms with Gasteiger partial charge >= 0.3 is 11.7 Å². The molecule has 0 aliphatic rings. The highest BCUT2D eigenvalue weighted by Gasteiger charge is 2.33. The fourth-order valence-electron chi connectivity index (χ4n) is 1.16. The highest BCUT2D eigenvalue weighted by Crippen LogP contribution is 2.07. The fraction of sp³-hybridized carbons (Fsp3) is 0.250. The predicted octanol–water partition coefficient (Wildman–Crippen LogP) is 0.878. The third-order valence-electron chi connectivity index (χ3n) is 1.96. The minimum absolute atomic E-state index is 0.116. The van der Waals surface area contributed by atoms with E-state index < -0.39 is 17.5 Å². The summed E-state index contributed by atoms with van der Waals surface area (Å²) < 4.78 is 9.76. The molecule has 0 aliphatic carbocycles. The van der Waals surface area contributed by atoms with Crippen molar-refractivity contribution in [2.24, 2.45) is 0 Å². The second-order valence-corrected chi connectivity index (χ2v) is 3.21. The maximum Gasteiger partial charge on any atom is 0.494 e. The average Bonchev–Trinajstić information content (AvgIpc) is 2.39. The van der Waals surface area contributed by atoms with Crippen molar-refractivity contribution in [3.63, 3.8) is 0 Å². The van der Waals surface area contributed by atoms with E-state index in [9.17, 15) is 9.59 Å². The molecule has 0 aliphatic heterocycles. The zero-order chi connectivity index (χ0) is 13.4. The van der Waals surface area contributed by atoms with Gasteiger partial charge in [0.25, 0.3) is 5.78 Å². The quantitative estimate of drug-likeness (QED) is 0.266. The molecule has 18 heavy (non-hydrogen) atoms. The number of hydrogen-bond donors (Lipinski definition) is 1. The van der Waals surface area contributed by atoms with E-state index >= 15 is 0 Å². The summed E-state index contributed by atoms with van der Waals surface area (Å²) >= 11 is 0. The number of Topliss-reactive ketones (excluding diaryl/α,β-unsaturated/α-hetero) is 1. The van der Waals surface area contributed by atoms with Crippen molar-refractivity contribution >= 4 is 17.5 Å². The van der Waals surface area contributed by atoms with Crippen LogP contribution in [0, 0.1) is 5.53 Å². The zero-order valence-corrected chi connectivity index (χ0v) is 9.88. The standard InChI is InChI=1S/C12H13N2O4/c1-2-17-12(16)11(14-13)10(15)8-18-9-6-4-3-5-7-9/h3-7,13H,2,8H2,1H3/q+1. The molecule has 1 aromatic carbocycles. The molecule has 0 amide bonds. The molecule has 0 bridgehead atoms. The van der Waals surface area contributed by atoms with Crippen molar-refractivity contribution in [1.82, 2.24) is 0 Å². The Hall–Kier alpha value is -2.46. The van der Waals surface area contributed by atoms with Crippen LogP contribution in [0.1, 0.15) is 6.92 Å². The number of nitrogens with zero attached hydrogens (tertiary/aromatic N) is 1. The number of hydrogen-bond acceptors (Lipinski definition) is 5. The van der Waals surface area contributed by atoms with Gasteiger partial charge in [0.15, 0.2) is 6.61 Å². The Morgan fingerprint density at radius 3 is 2.50 bits per heavy atom. The van der Waals surface area contributed by atoms with Crippen LogP contribution < -0.4 is 4.74 Å². The number of carbonyl (C=O) groups is 2. The molecule has 1 aromatic rings. The highest BCUT2D eigenvalue weighted by molar-refractivity contribution is 6.62. The van der Waals surface area contributed by atoms with Gasteiger partial charge in [0, 0.05) is 0 Å². The molecule has 1 N–H and O–H groups in total. The summed E-state index contributed by atoms with van der Waals surface area (Å²) in [7, 11) is 0. The molecule has 0 spiro atoms. The lowest BCUT2D eigenvalue weighted by molar-refractivity contribution is -0.156. The maximum atomic E-state index is 11.6. The van der Waals surface area contributed by atoms with E-state index in [1.54, 1.807) is 31.2 Å². The molecule has 94 valence electrons. The van der Waals surface area contributed by atoms with Crippen LogP contribution in [-0.4, -0.2) is 35.5 Å². The Balaban J connectivity index is 2.59. The van der Waals surface area contributed by atoms with Crippen LogP contribution >= 0.6 is 0 Å². The van der Waals surface area contributed by atoms with Gasteiger partial charge < -0.3 is 9.47 Å². The van der Waals surface area contributed by atoms with Crippen molar-refractivity contribution in [1.29, 1.82) is 5.53 Å². The second-order valence-electron chi connectivity index (χ2n) is 3.21. The molecule has 0 atom stereocenters. The number of esters is 1. The normalized spacial score (nSPS) is 9.17. The molecule has 0 aromatic heterocycles. The van der Waals surface area contributed by atoms with E-state index in [1.165, 1.54) is 0 Å². The van der Waals surface area contributed by atoms with Crippen LogP contribution in [0.4, 0.5) is 0 Å². The third-order valence-corrected chi connectivity index (χ3v) is 1.96. The smallest absolute Gasteiger partial charge is 0.485 e. The summed E-state index contributed by atoms with van der Waals surface area (Å²) in [5.41, 5.74) is 6.23.